The molecule has 0 amide bonds. The summed E-state index contributed by atoms with van der Waals surface area (Å²) in [6.45, 7) is 0.601. The highest BCUT2D eigenvalue weighted by Crippen LogP contribution is 2.15. The minimum atomic E-state index is -0.252. The highest BCUT2D eigenvalue weighted by atomic mass is 32.1. The lowest BCUT2D eigenvalue weighted by atomic mass is 10.4. The minimum Gasteiger partial charge on any atom is -0.292 e. The first-order valence-electron chi connectivity index (χ1n) is 4.94. The Bertz CT molecular complexity index is 624. The predicted molar refractivity (Wildman–Crippen MR) is 69.8 cm³/mol. The number of hydrogen-bond acceptors (Lipinski definition) is 4. The smallest absolute Gasteiger partial charge is 0.292 e. The lowest BCUT2D eigenvalue weighted by Gasteiger charge is -2.08. The van der Waals surface area contributed by atoms with Gasteiger partial charge >= 0.3 is 5.69 Å². The Kier molecular flexibility index (Phi) is 3.20. The number of fused-ring (bicyclic) bond motifs is 1. The van der Waals surface area contributed by atoms with Gasteiger partial charge in [0.1, 0.15) is 4.70 Å². The Morgan fingerprint density at radius 1 is 1.44 bits per heavy atom. The van der Waals surface area contributed by atoms with Crippen LogP contribution in [0.3, 0.4) is 0 Å². The molecule has 2 aromatic heterocycles. The molecule has 0 N–H and O–H groups in total. The average Bonchev–Trinajstić information content (AvgIpc) is 2.75. The zero-order chi connectivity index (χ0) is 11.7. The Morgan fingerprint density at radius 3 is 2.88 bits per heavy atom. The predicted octanol–water partition coefficient (Wildman–Crippen LogP) is 1.08. The van der Waals surface area contributed by atoms with Crippen LogP contribution < -0.4 is 11.2 Å². The van der Waals surface area contributed by atoms with Crippen LogP contribution in [0.2, 0.25) is 0 Å². The van der Waals surface area contributed by atoms with Crippen LogP contribution in [-0.4, -0.2) is 14.9 Å². The number of thiol groups is 1. The van der Waals surface area contributed by atoms with E-state index in [-0.39, 0.29) is 11.2 Å². The maximum Gasteiger partial charge on any atom is 0.331 e. The summed E-state index contributed by atoms with van der Waals surface area (Å²) in [5.41, 5.74) is 0.273. The van der Waals surface area contributed by atoms with Crippen molar-refractivity contribution in [1.82, 2.24) is 9.13 Å². The molecule has 0 aliphatic carbocycles. The van der Waals surface area contributed by atoms with Gasteiger partial charge < -0.3 is 0 Å². The molecular weight excluding hydrogens is 244 g/mol. The van der Waals surface area contributed by atoms with E-state index >= 15 is 0 Å². The molecule has 2 heterocycles. The Labute approximate surface area is 102 Å². The lowest BCUT2D eigenvalue weighted by Crippen LogP contribution is -2.37. The van der Waals surface area contributed by atoms with Gasteiger partial charge in [0.2, 0.25) is 0 Å². The van der Waals surface area contributed by atoms with E-state index < -0.39 is 0 Å². The molecule has 2 rings (SSSR count). The molecule has 0 fully saturated rings. The molecule has 2 aromatic rings. The zero-order valence-corrected chi connectivity index (χ0v) is 10.6. The van der Waals surface area contributed by atoms with Crippen LogP contribution in [0.4, 0.5) is 0 Å². The topological polar surface area (TPSA) is 44.0 Å². The molecule has 0 radical (unpaired) electrons. The van der Waals surface area contributed by atoms with E-state index in [2.05, 4.69) is 12.6 Å². The summed E-state index contributed by atoms with van der Waals surface area (Å²) in [5.74, 6) is 0.723. The van der Waals surface area contributed by atoms with Gasteiger partial charge in [-0.15, -0.1) is 11.3 Å². The molecule has 0 saturated heterocycles. The van der Waals surface area contributed by atoms with Crippen LogP contribution in [0, 0.1) is 0 Å². The van der Waals surface area contributed by atoms with Crippen molar-refractivity contribution in [2.24, 2.45) is 7.05 Å². The SMILES string of the molecule is Cn1c(=O)c2sccc2n(CCCS)c1=O. The van der Waals surface area contributed by atoms with E-state index in [1.807, 2.05) is 11.4 Å². The summed E-state index contributed by atoms with van der Waals surface area (Å²) >= 11 is 5.50. The van der Waals surface area contributed by atoms with Crippen molar-refractivity contribution in [2.75, 3.05) is 5.75 Å². The first kappa shape index (κ1) is 11.5. The molecule has 6 heteroatoms. The monoisotopic (exact) mass is 256 g/mol. The summed E-state index contributed by atoms with van der Waals surface area (Å²) < 4.78 is 3.45. The van der Waals surface area contributed by atoms with Crippen molar-refractivity contribution in [3.63, 3.8) is 0 Å². The second-order valence-electron chi connectivity index (χ2n) is 3.51. The van der Waals surface area contributed by atoms with Crippen molar-refractivity contribution in [3.05, 3.63) is 32.3 Å². The molecule has 0 aliphatic rings. The quantitative estimate of drug-likeness (QED) is 0.835. The third-order valence-corrected chi connectivity index (χ3v) is 3.70. The van der Waals surface area contributed by atoms with Gasteiger partial charge in [0.05, 0.1) is 5.52 Å². The molecule has 0 saturated carbocycles. The molecule has 0 unspecified atom stereocenters. The molecule has 0 atom stereocenters. The van der Waals surface area contributed by atoms with E-state index in [4.69, 9.17) is 0 Å². The van der Waals surface area contributed by atoms with E-state index in [9.17, 15) is 9.59 Å². The molecule has 0 spiro atoms. The summed E-state index contributed by atoms with van der Waals surface area (Å²) in [6.07, 6.45) is 0.812. The van der Waals surface area contributed by atoms with Gasteiger partial charge in [-0.25, -0.2) is 4.79 Å². The molecular formula is C10H12N2O2S2. The first-order valence-corrected chi connectivity index (χ1v) is 6.46. The number of aromatic nitrogens is 2. The largest absolute Gasteiger partial charge is 0.331 e. The van der Waals surface area contributed by atoms with Crippen molar-refractivity contribution in [1.29, 1.82) is 0 Å². The standard InChI is InChI=1S/C10H12N2O2S2/c1-11-9(13)8-7(3-6-16-8)12(10(11)14)4-2-5-15/h3,6,15H,2,4-5H2,1H3. The third kappa shape index (κ3) is 1.72. The zero-order valence-electron chi connectivity index (χ0n) is 8.84. The van der Waals surface area contributed by atoms with E-state index in [0.717, 1.165) is 22.3 Å². The first-order chi connectivity index (χ1) is 7.66. The van der Waals surface area contributed by atoms with Gasteiger partial charge in [-0.05, 0) is 23.6 Å². The molecule has 16 heavy (non-hydrogen) atoms. The van der Waals surface area contributed by atoms with Crippen molar-refractivity contribution in [2.45, 2.75) is 13.0 Å². The number of nitrogens with zero attached hydrogens (tertiary/aromatic N) is 2. The lowest BCUT2D eigenvalue weighted by molar-refractivity contribution is 0.619. The van der Waals surface area contributed by atoms with Crippen molar-refractivity contribution in [3.8, 4) is 0 Å². The Balaban J connectivity index is 2.76. The molecule has 86 valence electrons. The van der Waals surface area contributed by atoms with Crippen molar-refractivity contribution >= 4 is 34.2 Å². The van der Waals surface area contributed by atoms with Gasteiger partial charge in [-0.3, -0.25) is 13.9 Å². The van der Waals surface area contributed by atoms with E-state index in [1.54, 1.807) is 4.57 Å². The number of thiophene rings is 1. The second-order valence-corrected chi connectivity index (χ2v) is 4.87. The summed E-state index contributed by atoms with van der Waals surface area (Å²) in [4.78, 5) is 23.7. The van der Waals surface area contributed by atoms with Crippen LogP contribution in [0.5, 0.6) is 0 Å². The van der Waals surface area contributed by atoms with Gasteiger partial charge in [-0.2, -0.15) is 12.6 Å². The van der Waals surface area contributed by atoms with Gasteiger partial charge in [0.15, 0.2) is 0 Å². The van der Waals surface area contributed by atoms with Crippen LogP contribution in [0.1, 0.15) is 6.42 Å². The number of aryl methyl sites for hydroxylation is 1. The van der Waals surface area contributed by atoms with Gasteiger partial charge in [-0.1, -0.05) is 0 Å². The summed E-state index contributed by atoms with van der Waals surface area (Å²) in [5, 5.41) is 1.84. The van der Waals surface area contributed by atoms with Gasteiger partial charge in [0, 0.05) is 13.6 Å². The fraction of sp³-hybridized carbons (Fsp3) is 0.400. The van der Waals surface area contributed by atoms with Crippen LogP contribution in [0.25, 0.3) is 10.2 Å². The Morgan fingerprint density at radius 2 is 2.19 bits per heavy atom. The van der Waals surface area contributed by atoms with Crippen LogP contribution in [-0.2, 0) is 13.6 Å². The molecule has 0 bridgehead atoms. The number of rotatable bonds is 3. The van der Waals surface area contributed by atoms with Crippen LogP contribution >= 0.6 is 24.0 Å². The van der Waals surface area contributed by atoms with E-state index in [0.29, 0.717) is 11.2 Å². The second kappa shape index (κ2) is 4.47. The fourth-order valence-corrected chi connectivity index (χ4v) is 2.65. The highest BCUT2D eigenvalue weighted by molar-refractivity contribution is 7.80. The molecule has 0 aromatic carbocycles. The third-order valence-electron chi connectivity index (χ3n) is 2.49. The fourth-order valence-electron chi connectivity index (χ4n) is 1.64. The van der Waals surface area contributed by atoms with Crippen molar-refractivity contribution < 1.29 is 0 Å². The molecule has 0 aliphatic heterocycles. The average molecular weight is 256 g/mol. The maximum absolute atomic E-state index is 11.9. The maximum atomic E-state index is 11.9. The summed E-state index contributed by atoms with van der Waals surface area (Å²) in [6, 6.07) is 1.82. The number of hydrogen-bond donors (Lipinski definition) is 1. The van der Waals surface area contributed by atoms with Crippen LogP contribution in [0.15, 0.2) is 21.0 Å². The van der Waals surface area contributed by atoms with Gasteiger partial charge in [0.25, 0.3) is 5.56 Å². The minimum absolute atomic E-state index is 0.211. The summed E-state index contributed by atoms with van der Waals surface area (Å²) in [7, 11) is 1.51. The Hall–Kier alpha value is -1.01. The van der Waals surface area contributed by atoms with E-state index in [1.165, 1.54) is 18.4 Å². The molecule has 4 nitrogen and oxygen atoms in total. The highest BCUT2D eigenvalue weighted by Gasteiger charge is 2.10. The normalized spacial score (nSPS) is 11.1.